The van der Waals surface area contributed by atoms with E-state index < -0.39 is 0 Å². The van der Waals surface area contributed by atoms with Crippen LogP contribution in [0.3, 0.4) is 0 Å². The molecule has 0 atom stereocenters. The number of ether oxygens (including phenoxy) is 2. The molecule has 0 fully saturated rings. The first-order valence-corrected chi connectivity index (χ1v) is 8.58. The molecule has 3 rings (SSSR count). The zero-order valence-electron chi connectivity index (χ0n) is 15.2. The first-order valence-electron chi connectivity index (χ1n) is 8.58. The van der Waals surface area contributed by atoms with Gasteiger partial charge in [0.25, 0.3) is 11.8 Å². The summed E-state index contributed by atoms with van der Waals surface area (Å²) >= 11 is 0. The van der Waals surface area contributed by atoms with Crippen LogP contribution in [0, 0.1) is 0 Å². The zero-order chi connectivity index (χ0) is 19.8. The summed E-state index contributed by atoms with van der Waals surface area (Å²) in [5.41, 5.74) is 0.798. The Hall–Kier alpha value is -3.87. The molecule has 0 saturated carbocycles. The summed E-state index contributed by atoms with van der Waals surface area (Å²) in [6, 6.07) is 19.0. The highest BCUT2D eigenvalue weighted by Gasteiger charge is 2.12. The number of hydrogen-bond donors (Lipinski definition) is 2. The Kier molecular flexibility index (Phi) is 6.20. The number of nitrogens with one attached hydrogen (secondary N) is 2. The van der Waals surface area contributed by atoms with E-state index in [2.05, 4.69) is 15.6 Å². The van der Waals surface area contributed by atoms with E-state index in [0.29, 0.717) is 28.6 Å². The Morgan fingerprint density at radius 2 is 1.75 bits per heavy atom. The predicted octanol–water partition coefficient (Wildman–Crippen LogP) is 3.25. The predicted molar refractivity (Wildman–Crippen MR) is 105 cm³/mol. The highest BCUT2D eigenvalue weighted by molar-refractivity contribution is 6.03. The number of benzene rings is 2. The normalized spacial score (nSPS) is 10.0. The van der Waals surface area contributed by atoms with E-state index >= 15 is 0 Å². The highest BCUT2D eigenvalue weighted by Crippen LogP contribution is 2.24. The topological polar surface area (TPSA) is 89.6 Å². The number of aromatic nitrogens is 1. The molecule has 2 amide bonds. The minimum absolute atomic E-state index is 0.213. The van der Waals surface area contributed by atoms with Gasteiger partial charge in [-0.25, -0.2) is 4.98 Å². The van der Waals surface area contributed by atoms with Gasteiger partial charge in [0.05, 0.1) is 11.3 Å². The number of rotatable bonds is 7. The van der Waals surface area contributed by atoms with Gasteiger partial charge in [-0.15, -0.1) is 0 Å². The van der Waals surface area contributed by atoms with Gasteiger partial charge < -0.3 is 20.1 Å². The number of carbonyl (C=O) groups excluding carboxylic acids is 2. The second kappa shape index (κ2) is 9.18. The average Bonchev–Trinajstić information content (AvgIpc) is 2.73. The van der Waals surface area contributed by atoms with Crippen molar-refractivity contribution in [2.45, 2.75) is 0 Å². The van der Waals surface area contributed by atoms with Crippen LogP contribution >= 0.6 is 0 Å². The highest BCUT2D eigenvalue weighted by atomic mass is 16.5. The fraction of sp³-hybridized carbons (Fsp3) is 0.0952. The largest absolute Gasteiger partial charge is 0.484 e. The Labute approximate surface area is 162 Å². The molecular weight excluding hydrogens is 358 g/mol. The lowest BCUT2D eigenvalue weighted by Gasteiger charge is -2.11. The summed E-state index contributed by atoms with van der Waals surface area (Å²) < 4.78 is 11.2. The number of amides is 2. The molecule has 28 heavy (non-hydrogen) atoms. The molecule has 7 nitrogen and oxygen atoms in total. The van der Waals surface area contributed by atoms with Crippen molar-refractivity contribution in [2.24, 2.45) is 0 Å². The van der Waals surface area contributed by atoms with Crippen LogP contribution in [0.5, 0.6) is 17.4 Å². The lowest BCUT2D eigenvalue weighted by Crippen LogP contribution is -2.24. The molecule has 0 aliphatic rings. The molecule has 0 saturated heterocycles. The molecule has 1 aromatic heterocycles. The van der Waals surface area contributed by atoms with Crippen LogP contribution in [-0.4, -0.2) is 30.5 Å². The Morgan fingerprint density at radius 1 is 0.964 bits per heavy atom. The summed E-state index contributed by atoms with van der Waals surface area (Å²) in [6.07, 6.45) is 1.64. The van der Waals surface area contributed by atoms with Crippen LogP contribution in [0.2, 0.25) is 0 Å². The molecule has 1 heterocycles. The minimum Gasteiger partial charge on any atom is -0.484 e. The first-order chi connectivity index (χ1) is 13.7. The summed E-state index contributed by atoms with van der Waals surface area (Å²) in [4.78, 5) is 28.2. The van der Waals surface area contributed by atoms with Crippen LogP contribution in [-0.2, 0) is 4.79 Å². The van der Waals surface area contributed by atoms with E-state index in [0.717, 1.165) is 0 Å². The van der Waals surface area contributed by atoms with E-state index in [9.17, 15) is 9.59 Å². The maximum Gasteiger partial charge on any atom is 0.262 e. The zero-order valence-corrected chi connectivity index (χ0v) is 15.2. The van der Waals surface area contributed by atoms with E-state index in [1.165, 1.54) is 7.05 Å². The second-order valence-electron chi connectivity index (χ2n) is 5.71. The van der Waals surface area contributed by atoms with Gasteiger partial charge in [0, 0.05) is 25.4 Å². The van der Waals surface area contributed by atoms with E-state index in [-0.39, 0.29) is 18.4 Å². The quantitative estimate of drug-likeness (QED) is 0.660. The van der Waals surface area contributed by atoms with Gasteiger partial charge in [-0.2, -0.15) is 0 Å². The van der Waals surface area contributed by atoms with Gasteiger partial charge in [-0.1, -0.05) is 24.3 Å². The summed E-state index contributed by atoms with van der Waals surface area (Å²) in [7, 11) is 1.53. The third-order valence-electron chi connectivity index (χ3n) is 3.71. The van der Waals surface area contributed by atoms with Crippen LogP contribution in [0.25, 0.3) is 0 Å². The third-order valence-corrected chi connectivity index (χ3v) is 3.71. The molecule has 3 aromatic rings. The van der Waals surface area contributed by atoms with E-state index in [1.807, 2.05) is 6.07 Å². The Bertz CT molecular complexity index is 961. The summed E-state index contributed by atoms with van der Waals surface area (Å²) in [5, 5.41) is 5.22. The van der Waals surface area contributed by atoms with Gasteiger partial charge in [0.15, 0.2) is 6.61 Å². The molecule has 0 aliphatic carbocycles. The maximum absolute atomic E-state index is 12.2. The molecule has 2 N–H and O–H groups in total. The molecule has 2 aromatic carbocycles. The number of anilines is 1. The van der Waals surface area contributed by atoms with Gasteiger partial charge in [0.1, 0.15) is 11.5 Å². The molecule has 0 bridgehead atoms. The van der Waals surface area contributed by atoms with Crippen molar-refractivity contribution >= 4 is 17.5 Å². The maximum atomic E-state index is 12.2. The minimum atomic E-state index is -0.382. The summed E-state index contributed by atoms with van der Waals surface area (Å²) in [5.74, 6) is 0.816. The van der Waals surface area contributed by atoms with Crippen LogP contribution in [0.1, 0.15) is 10.4 Å². The molecule has 0 radical (unpaired) electrons. The van der Waals surface area contributed by atoms with Crippen LogP contribution < -0.4 is 20.1 Å². The molecule has 0 unspecified atom stereocenters. The van der Waals surface area contributed by atoms with Gasteiger partial charge in [-0.05, 0) is 30.3 Å². The Morgan fingerprint density at radius 3 is 2.54 bits per heavy atom. The molecule has 0 spiro atoms. The number of nitrogens with zero attached hydrogens (tertiary/aromatic N) is 1. The van der Waals surface area contributed by atoms with Crippen molar-refractivity contribution in [3.8, 4) is 17.4 Å². The van der Waals surface area contributed by atoms with Gasteiger partial charge >= 0.3 is 0 Å². The molecular formula is C21H19N3O4. The molecule has 142 valence electrons. The van der Waals surface area contributed by atoms with Crippen molar-refractivity contribution in [1.29, 1.82) is 0 Å². The monoisotopic (exact) mass is 377 g/mol. The SMILES string of the molecule is CNC(=O)c1ccccc1NC(=O)COc1cccc(Oc2ccccn2)c1. The third kappa shape index (κ3) is 5.07. The number of pyridine rings is 1. The number of hydrogen-bond acceptors (Lipinski definition) is 5. The number of para-hydroxylation sites is 1. The fourth-order valence-corrected chi connectivity index (χ4v) is 2.42. The van der Waals surface area contributed by atoms with Crippen molar-refractivity contribution < 1.29 is 19.1 Å². The van der Waals surface area contributed by atoms with Gasteiger partial charge in [-0.3, -0.25) is 9.59 Å². The van der Waals surface area contributed by atoms with Gasteiger partial charge in [0.2, 0.25) is 5.88 Å². The molecule has 7 heteroatoms. The lowest BCUT2D eigenvalue weighted by molar-refractivity contribution is -0.118. The smallest absolute Gasteiger partial charge is 0.262 e. The standard InChI is InChI=1S/C21H19N3O4/c1-22-21(26)17-9-2-3-10-18(17)24-19(25)14-27-15-7-6-8-16(13-15)28-20-11-4-5-12-23-20/h2-13H,14H2,1H3,(H,22,26)(H,24,25). The van der Waals surface area contributed by atoms with E-state index in [1.54, 1.807) is 66.9 Å². The average molecular weight is 377 g/mol. The Balaban J connectivity index is 1.60. The van der Waals surface area contributed by atoms with E-state index in [4.69, 9.17) is 9.47 Å². The fourth-order valence-electron chi connectivity index (χ4n) is 2.42. The van der Waals surface area contributed by atoms with Crippen molar-refractivity contribution in [2.75, 3.05) is 19.0 Å². The summed E-state index contributed by atoms with van der Waals surface area (Å²) in [6.45, 7) is -0.213. The van der Waals surface area contributed by atoms with Crippen LogP contribution in [0.15, 0.2) is 72.9 Å². The van der Waals surface area contributed by atoms with Crippen molar-refractivity contribution in [3.63, 3.8) is 0 Å². The molecule has 0 aliphatic heterocycles. The first kappa shape index (κ1) is 18.9. The second-order valence-corrected chi connectivity index (χ2v) is 5.71. The lowest BCUT2D eigenvalue weighted by atomic mass is 10.1. The number of carbonyl (C=O) groups is 2. The van der Waals surface area contributed by atoms with Crippen molar-refractivity contribution in [3.05, 3.63) is 78.5 Å². The van der Waals surface area contributed by atoms with Crippen molar-refractivity contribution in [1.82, 2.24) is 10.3 Å². The van der Waals surface area contributed by atoms with Crippen LogP contribution in [0.4, 0.5) is 5.69 Å².